The number of carbonyl (C=O) groups excluding carboxylic acids is 1. The van der Waals surface area contributed by atoms with Gasteiger partial charge in [-0.3, -0.25) is 20.2 Å². The number of para-hydroxylation sites is 2. The second-order valence-corrected chi connectivity index (χ2v) is 8.34. The lowest BCUT2D eigenvalue weighted by Crippen LogP contribution is -2.22. The van der Waals surface area contributed by atoms with Crippen LogP contribution in [0.1, 0.15) is 6.92 Å². The van der Waals surface area contributed by atoms with Crippen LogP contribution in [0.4, 0.5) is 10.8 Å². The summed E-state index contributed by atoms with van der Waals surface area (Å²) in [6.07, 6.45) is 0. The number of aromatic amines is 1. The van der Waals surface area contributed by atoms with Crippen molar-refractivity contribution in [1.29, 1.82) is 0 Å². The van der Waals surface area contributed by atoms with E-state index in [4.69, 9.17) is 0 Å². The first-order valence-electron chi connectivity index (χ1n) is 8.50. The Morgan fingerprint density at radius 3 is 2.86 bits per heavy atom. The van der Waals surface area contributed by atoms with E-state index in [1.54, 1.807) is 19.1 Å². The summed E-state index contributed by atoms with van der Waals surface area (Å²) in [4.78, 5) is 30.6. The molecule has 0 aliphatic carbocycles. The van der Waals surface area contributed by atoms with Gasteiger partial charge in [0.2, 0.25) is 11.0 Å². The number of nitro benzene ring substituents is 1. The van der Waals surface area contributed by atoms with Crippen molar-refractivity contribution in [1.82, 2.24) is 20.2 Å². The van der Waals surface area contributed by atoms with E-state index >= 15 is 0 Å². The fourth-order valence-corrected chi connectivity index (χ4v) is 4.12. The molecule has 0 aliphatic rings. The number of rotatable bonds is 6. The molecule has 0 fully saturated rings. The Kier molecular flexibility index (Phi) is 5.23. The summed E-state index contributed by atoms with van der Waals surface area (Å²) in [6, 6.07) is 13.8. The summed E-state index contributed by atoms with van der Waals surface area (Å²) in [5, 5.41) is 22.7. The number of fused-ring (bicyclic) bond motifs is 1. The van der Waals surface area contributed by atoms with Gasteiger partial charge in [-0.05, 0) is 19.1 Å². The highest BCUT2D eigenvalue weighted by atomic mass is 32.2. The first-order chi connectivity index (χ1) is 14.0. The van der Waals surface area contributed by atoms with Gasteiger partial charge in [-0.15, -0.1) is 10.2 Å². The molecular weight excluding hydrogens is 412 g/mol. The van der Waals surface area contributed by atoms with Crippen molar-refractivity contribution in [2.75, 3.05) is 5.32 Å². The fraction of sp³-hybridized carbons (Fsp3) is 0.111. The van der Waals surface area contributed by atoms with Crippen LogP contribution in [0.25, 0.3) is 21.6 Å². The monoisotopic (exact) mass is 426 g/mol. The quantitative estimate of drug-likeness (QED) is 0.270. The Morgan fingerprint density at radius 1 is 1.24 bits per heavy atom. The number of hydrogen-bond acceptors (Lipinski definition) is 8. The zero-order valence-corrected chi connectivity index (χ0v) is 16.7. The second kappa shape index (κ2) is 7.97. The molecule has 1 amide bonds. The zero-order chi connectivity index (χ0) is 20.4. The molecule has 1 unspecified atom stereocenters. The molecule has 146 valence electrons. The van der Waals surface area contributed by atoms with Gasteiger partial charge in [-0.2, -0.15) is 0 Å². The predicted molar refractivity (Wildman–Crippen MR) is 112 cm³/mol. The summed E-state index contributed by atoms with van der Waals surface area (Å²) in [7, 11) is 0. The topological polar surface area (TPSA) is 127 Å². The number of hydrogen-bond donors (Lipinski definition) is 2. The van der Waals surface area contributed by atoms with E-state index in [1.165, 1.54) is 23.9 Å². The molecule has 2 N–H and O–H groups in total. The molecule has 9 nitrogen and oxygen atoms in total. The average molecular weight is 426 g/mol. The van der Waals surface area contributed by atoms with Crippen LogP contribution in [-0.4, -0.2) is 36.2 Å². The molecule has 11 heteroatoms. The number of H-pyrrole nitrogens is 1. The molecule has 0 radical (unpaired) electrons. The van der Waals surface area contributed by atoms with Gasteiger partial charge < -0.3 is 4.98 Å². The third-order valence-corrected chi connectivity index (χ3v) is 5.86. The Balaban J connectivity index is 1.43. The highest BCUT2D eigenvalue weighted by Gasteiger charge is 2.19. The van der Waals surface area contributed by atoms with E-state index in [-0.39, 0.29) is 11.6 Å². The molecule has 29 heavy (non-hydrogen) atoms. The van der Waals surface area contributed by atoms with Gasteiger partial charge in [0.15, 0.2) is 5.16 Å². The molecule has 0 aliphatic heterocycles. The van der Waals surface area contributed by atoms with Gasteiger partial charge >= 0.3 is 0 Å². The summed E-state index contributed by atoms with van der Waals surface area (Å²) in [6.45, 7) is 1.77. The van der Waals surface area contributed by atoms with Crippen molar-refractivity contribution in [3.8, 4) is 10.6 Å². The van der Waals surface area contributed by atoms with Gasteiger partial charge in [-0.1, -0.05) is 47.4 Å². The van der Waals surface area contributed by atoms with Gasteiger partial charge in [0, 0.05) is 17.7 Å². The summed E-state index contributed by atoms with van der Waals surface area (Å²) < 4.78 is 0. The van der Waals surface area contributed by atoms with Crippen LogP contribution in [0.15, 0.2) is 53.7 Å². The van der Waals surface area contributed by atoms with Crippen LogP contribution in [0, 0.1) is 10.1 Å². The number of nitrogens with one attached hydrogen (secondary N) is 2. The number of nitro groups is 1. The fourth-order valence-electron chi connectivity index (χ4n) is 2.56. The predicted octanol–water partition coefficient (Wildman–Crippen LogP) is 4.11. The Morgan fingerprint density at radius 2 is 2.07 bits per heavy atom. The number of imidazole rings is 1. The van der Waals surface area contributed by atoms with E-state index < -0.39 is 10.2 Å². The maximum atomic E-state index is 12.5. The molecule has 4 aromatic rings. The van der Waals surface area contributed by atoms with Crippen molar-refractivity contribution in [3.05, 3.63) is 58.6 Å². The number of thioether (sulfide) groups is 1. The van der Waals surface area contributed by atoms with E-state index in [0.717, 1.165) is 22.4 Å². The molecule has 0 bridgehead atoms. The molecule has 1 atom stereocenters. The lowest BCUT2D eigenvalue weighted by Gasteiger charge is -2.07. The molecule has 0 saturated carbocycles. The molecule has 2 aromatic carbocycles. The molecule has 4 rings (SSSR count). The van der Waals surface area contributed by atoms with E-state index in [1.807, 2.05) is 24.3 Å². The van der Waals surface area contributed by atoms with E-state index in [0.29, 0.717) is 20.9 Å². The van der Waals surface area contributed by atoms with Crippen LogP contribution < -0.4 is 5.32 Å². The molecule has 0 spiro atoms. The number of benzene rings is 2. The van der Waals surface area contributed by atoms with Crippen molar-refractivity contribution < 1.29 is 9.72 Å². The second-order valence-electron chi connectivity index (χ2n) is 6.03. The van der Waals surface area contributed by atoms with Gasteiger partial charge in [0.05, 0.1) is 21.2 Å². The number of amides is 1. The molecular formula is C18H14N6O3S2. The van der Waals surface area contributed by atoms with Gasteiger partial charge in [0.25, 0.3) is 5.69 Å². The van der Waals surface area contributed by atoms with Crippen molar-refractivity contribution in [2.24, 2.45) is 0 Å². The van der Waals surface area contributed by atoms with Crippen molar-refractivity contribution >= 4 is 50.9 Å². The lowest BCUT2D eigenvalue weighted by atomic mass is 10.2. The maximum absolute atomic E-state index is 12.5. The van der Waals surface area contributed by atoms with E-state index in [9.17, 15) is 14.9 Å². The van der Waals surface area contributed by atoms with Gasteiger partial charge in [0.1, 0.15) is 5.01 Å². The number of anilines is 1. The lowest BCUT2D eigenvalue weighted by molar-refractivity contribution is -0.384. The summed E-state index contributed by atoms with van der Waals surface area (Å²) in [5.74, 6) is -0.239. The Bertz CT molecular complexity index is 1170. The average Bonchev–Trinajstić information content (AvgIpc) is 3.34. The first kappa shape index (κ1) is 19.0. The molecule has 2 aromatic heterocycles. The SMILES string of the molecule is CC(Sc1nc2ccccc2[nH]1)C(=O)Nc1nnc(-c2cccc([N+](=O)[O-])c2)s1. The number of aromatic nitrogens is 4. The first-order valence-corrected chi connectivity index (χ1v) is 10.2. The van der Waals surface area contributed by atoms with Gasteiger partial charge in [-0.25, -0.2) is 4.98 Å². The van der Waals surface area contributed by atoms with Crippen LogP contribution >= 0.6 is 23.1 Å². The van der Waals surface area contributed by atoms with Crippen LogP contribution in [0.2, 0.25) is 0 Å². The summed E-state index contributed by atoms with van der Waals surface area (Å²) in [5.41, 5.74) is 2.29. The minimum atomic E-state index is -0.468. The van der Waals surface area contributed by atoms with Crippen LogP contribution in [0.5, 0.6) is 0 Å². The number of non-ortho nitro benzene ring substituents is 1. The normalized spacial score (nSPS) is 12.0. The third-order valence-electron chi connectivity index (χ3n) is 3.98. The molecule has 2 heterocycles. The van der Waals surface area contributed by atoms with Crippen molar-refractivity contribution in [2.45, 2.75) is 17.3 Å². The Hall–Kier alpha value is -3.31. The van der Waals surface area contributed by atoms with Crippen LogP contribution in [-0.2, 0) is 4.79 Å². The van der Waals surface area contributed by atoms with Crippen LogP contribution in [0.3, 0.4) is 0 Å². The zero-order valence-electron chi connectivity index (χ0n) is 15.0. The largest absolute Gasteiger partial charge is 0.333 e. The Labute approximate surface area is 172 Å². The summed E-state index contributed by atoms with van der Waals surface area (Å²) >= 11 is 2.46. The highest BCUT2D eigenvalue weighted by molar-refractivity contribution is 8.00. The minimum Gasteiger partial charge on any atom is -0.333 e. The number of carbonyl (C=O) groups is 1. The minimum absolute atomic E-state index is 0.0286. The highest BCUT2D eigenvalue weighted by Crippen LogP contribution is 2.30. The third kappa shape index (κ3) is 4.25. The van der Waals surface area contributed by atoms with E-state index in [2.05, 4.69) is 25.5 Å². The standard InChI is InChI=1S/C18H14N6O3S2/c1-10(28-17-19-13-7-2-3-8-14(13)20-17)15(25)21-18-23-22-16(29-18)11-5-4-6-12(9-11)24(26)27/h2-10H,1H3,(H,19,20)(H,21,23,25). The maximum Gasteiger partial charge on any atom is 0.270 e. The molecule has 0 saturated heterocycles. The smallest absolute Gasteiger partial charge is 0.270 e. The number of nitrogens with zero attached hydrogens (tertiary/aromatic N) is 4. The van der Waals surface area contributed by atoms with Crippen molar-refractivity contribution in [3.63, 3.8) is 0 Å².